The van der Waals surface area contributed by atoms with Crippen LogP contribution in [0.15, 0.2) is 29.8 Å². The molecule has 0 saturated heterocycles. The number of urea groups is 1. The monoisotopic (exact) mass is 320 g/mol. The van der Waals surface area contributed by atoms with Gasteiger partial charge in [0.05, 0.1) is 6.54 Å². The Bertz CT molecular complexity index is 688. The first-order valence-corrected chi connectivity index (χ1v) is 6.93. The zero-order chi connectivity index (χ0) is 15.9. The number of aromatic nitrogens is 2. The minimum absolute atomic E-state index is 0.245. The molecular formula is C12H12N6O3S. The van der Waals surface area contributed by atoms with Gasteiger partial charge in [0, 0.05) is 11.3 Å². The summed E-state index contributed by atoms with van der Waals surface area (Å²) in [6.07, 6.45) is 0. The van der Waals surface area contributed by atoms with Crippen LogP contribution in [0.2, 0.25) is 0 Å². The number of nitrogens with zero attached hydrogens (tertiary/aromatic N) is 2. The van der Waals surface area contributed by atoms with E-state index >= 15 is 0 Å². The van der Waals surface area contributed by atoms with Crippen LogP contribution in [0.1, 0.15) is 10.4 Å². The molecule has 1 aromatic carbocycles. The van der Waals surface area contributed by atoms with Crippen LogP contribution in [0, 0.1) is 0 Å². The summed E-state index contributed by atoms with van der Waals surface area (Å²) >= 11 is 1.15. The third-order valence-electron chi connectivity index (χ3n) is 2.42. The van der Waals surface area contributed by atoms with E-state index in [1.807, 2.05) is 0 Å². The van der Waals surface area contributed by atoms with Crippen molar-refractivity contribution in [2.45, 2.75) is 0 Å². The first kappa shape index (κ1) is 15.4. The van der Waals surface area contributed by atoms with Crippen molar-refractivity contribution in [1.29, 1.82) is 0 Å². The Kier molecular flexibility index (Phi) is 4.98. The summed E-state index contributed by atoms with van der Waals surface area (Å²) in [6, 6.07) is 5.60. The number of hydrogen-bond acceptors (Lipinski definition) is 6. The van der Waals surface area contributed by atoms with Crippen molar-refractivity contribution in [3.05, 3.63) is 35.3 Å². The predicted molar refractivity (Wildman–Crippen MR) is 80.5 cm³/mol. The van der Waals surface area contributed by atoms with Gasteiger partial charge >= 0.3 is 6.03 Å². The van der Waals surface area contributed by atoms with E-state index in [0.29, 0.717) is 10.8 Å². The molecule has 9 nitrogen and oxygen atoms in total. The first-order valence-electron chi connectivity index (χ1n) is 6.05. The summed E-state index contributed by atoms with van der Waals surface area (Å²) in [5.74, 6) is -1.04. The van der Waals surface area contributed by atoms with Gasteiger partial charge in [-0.25, -0.2) is 4.79 Å². The molecule has 114 valence electrons. The lowest BCUT2D eigenvalue weighted by Gasteiger charge is -2.07. The molecule has 0 aliphatic rings. The lowest BCUT2D eigenvalue weighted by Crippen LogP contribution is -2.35. The third-order valence-corrected chi connectivity index (χ3v) is 3.03. The molecule has 0 unspecified atom stereocenters. The Morgan fingerprint density at radius 3 is 2.73 bits per heavy atom. The molecular weight excluding hydrogens is 308 g/mol. The van der Waals surface area contributed by atoms with Crippen molar-refractivity contribution in [2.75, 3.05) is 17.2 Å². The van der Waals surface area contributed by atoms with E-state index in [1.54, 1.807) is 12.1 Å². The zero-order valence-corrected chi connectivity index (χ0v) is 12.0. The van der Waals surface area contributed by atoms with Gasteiger partial charge in [-0.3, -0.25) is 14.9 Å². The molecule has 10 heteroatoms. The molecule has 0 aliphatic carbocycles. The number of nitrogens with one attached hydrogen (secondary N) is 3. The van der Waals surface area contributed by atoms with Crippen LogP contribution in [0.25, 0.3) is 0 Å². The number of rotatable bonds is 5. The molecule has 0 bridgehead atoms. The fourth-order valence-electron chi connectivity index (χ4n) is 1.48. The van der Waals surface area contributed by atoms with Crippen LogP contribution in [0.3, 0.4) is 0 Å². The number of benzene rings is 1. The summed E-state index contributed by atoms with van der Waals surface area (Å²) in [6.45, 7) is -0.245. The molecule has 0 spiro atoms. The van der Waals surface area contributed by atoms with Gasteiger partial charge in [-0.15, -0.1) is 10.2 Å². The molecule has 0 saturated carbocycles. The summed E-state index contributed by atoms with van der Waals surface area (Å²) < 4.78 is 0. The maximum atomic E-state index is 11.7. The summed E-state index contributed by atoms with van der Waals surface area (Å²) in [7, 11) is 0. The Morgan fingerprint density at radius 1 is 1.23 bits per heavy atom. The predicted octanol–water partition coefficient (Wildman–Crippen LogP) is 0.397. The van der Waals surface area contributed by atoms with Crippen LogP contribution in [0.4, 0.5) is 15.6 Å². The normalized spacial score (nSPS) is 9.82. The maximum absolute atomic E-state index is 11.7. The van der Waals surface area contributed by atoms with Gasteiger partial charge < -0.3 is 16.4 Å². The first-order chi connectivity index (χ1) is 10.5. The average Bonchev–Trinajstić information content (AvgIpc) is 2.98. The summed E-state index contributed by atoms with van der Waals surface area (Å²) in [4.78, 5) is 34.2. The molecule has 0 atom stereocenters. The lowest BCUT2D eigenvalue weighted by molar-refractivity contribution is -0.115. The second-order valence-corrected chi connectivity index (χ2v) is 4.88. The summed E-state index contributed by atoms with van der Waals surface area (Å²) in [5, 5.41) is 14.8. The minimum atomic E-state index is -0.592. The van der Waals surface area contributed by atoms with Crippen molar-refractivity contribution >= 4 is 40.0 Å². The van der Waals surface area contributed by atoms with Gasteiger partial charge in [-0.1, -0.05) is 17.4 Å². The van der Waals surface area contributed by atoms with Crippen molar-refractivity contribution < 1.29 is 14.4 Å². The Balaban J connectivity index is 1.81. The number of carbonyl (C=O) groups excluding carboxylic acids is 3. The minimum Gasteiger partial charge on any atom is -0.366 e. The van der Waals surface area contributed by atoms with Crippen molar-refractivity contribution in [3.63, 3.8) is 0 Å². The van der Waals surface area contributed by atoms with Crippen molar-refractivity contribution in [1.82, 2.24) is 15.5 Å². The number of amides is 4. The molecule has 1 aromatic heterocycles. The van der Waals surface area contributed by atoms with Gasteiger partial charge in [0.1, 0.15) is 5.51 Å². The quantitative estimate of drug-likeness (QED) is 0.631. The van der Waals surface area contributed by atoms with E-state index in [0.717, 1.165) is 11.3 Å². The fourth-order valence-corrected chi connectivity index (χ4v) is 1.92. The number of hydrogen-bond donors (Lipinski definition) is 4. The van der Waals surface area contributed by atoms with Crippen LogP contribution >= 0.6 is 11.3 Å². The van der Waals surface area contributed by atoms with Crippen LogP contribution in [0.5, 0.6) is 0 Å². The molecule has 0 radical (unpaired) electrons. The Morgan fingerprint density at radius 2 is 2.05 bits per heavy atom. The second-order valence-electron chi connectivity index (χ2n) is 4.04. The van der Waals surface area contributed by atoms with Gasteiger partial charge in [-0.2, -0.15) is 0 Å². The van der Waals surface area contributed by atoms with Crippen molar-refractivity contribution in [3.8, 4) is 0 Å². The topological polar surface area (TPSA) is 139 Å². The number of nitrogens with two attached hydrogens (primary N) is 1. The molecule has 22 heavy (non-hydrogen) atoms. The van der Waals surface area contributed by atoms with Crippen LogP contribution in [-0.2, 0) is 4.79 Å². The zero-order valence-electron chi connectivity index (χ0n) is 11.2. The fraction of sp³-hybridized carbons (Fsp3) is 0.0833. The van der Waals surface area contributed by atoms with E-state index in [4.69, 9.17) is 5.73 Å². The van der Waals surface area contributed by atoms with Gasteiger partial charge in [0.15, 0.2) is 0 Å². The van der Waals surface area contributed by atoms with Gasteiger partial charge in [0.25, 0.3) is 0 Å². The third kappa shape index (κ3) is 4.52. The van der Waals surface area contributed by atoms with E-state index < -0.39 is 17.8 Å². The number of anilines is 2. The molecule has 2 aromatic rings. The molecule has 2 rings (SSSR count). The molecule has 4 amide bonds. The lowest BCUT2D eigenvalue weighted by atomic mass is 10.2. The van der Waals surface area contributed by atoms with E-state index in [1.165, 1.54) is 17.6 Å². The highest BCUT2D eigenvalue weighted by Gasteiger charge is 2.08. The largest absolute Gasteiger partial charge is 0.366 e. The highest BCUT2D eigenvalue weighted by Crippen LogP contribution is 2.10. The highest BCUT2D eigenvalue weighted by molar-refractivity contribution is 7.13. The highest BCUT2D eigenvalue weighted by atomic mass is 32.1. The maximum Gasteiger partial charge on any atom is 0.321 e. The van der Waals surface area contributed by atoms with Gasteiger partial charge in [0.2, 0.25) is 16.9 Å². The molecule has 0 aliphatic heterocycles. The summed E-state index contributed by atoms with van der Waals surface area (Å²) in [5.41, 5.74) is 7.30. The SMILES string of the molecule is NC(=O)c1cccc(NC(=O)CNC(=O)Nc2nncs2)c1. The Labute approximate surface area is 128 Å². The van der Waals surface area contributed by atoms with E-state index in [9.17, 15) is 14.4 Å². The number of carbonyl (C=O) groups is 3. The molecule has 5 N–H and O–H groups in total. The number of primary amides is 1. The van der Waals surface area contributed by atoms with Crippen molar-refractivity contribution in [2.24, 2.45) is 5.73 Å². The smallest absolute Gasteiger partial charge is 0.321 e. The second kappa shape index (κ2) is 7.13. The molecule has 0 fully saturated rings. The van der Waals surface area contributed by atoms with E-state index in [-0.39, 0.29) is 12.1 Å². The van der Waals surface area contributed by atoms with Crippen LogP contribution < -0.4 is 21.7 Å². The average molecular weight is 320 g/mol. The van der Waals surface area contributed by atoms with Gasteiger partial charge in [-0.05, 0) is 18.2 Å². The molecule has 1 heterocycles. The Hall–Kier alpha value is -3.01. The van der Waals surface area contributed by atoms with E-state index in [2.05, 4.69) is 26.1 Å². The van der Waals surface area contributed by atoms with Crippen LogP contribution in [-0.4, -0.2) is 34.6 Å². The standard InChI is InChI=1S/C12H12N6O3S/c13-10(20)7-2-1-3-8(4-7)16-9(19)5-14-11(21)17-12-18-15-6-22-12/h1-4,6H,5H2,(H2,13,20)(H,16,19)(H2,14,17,18,21).